The van der Waals surface area contributed by atoms with E-state index in [-0.39, 0.29) is 11.9 Å². The monoisotopic (exact) mass is 402 g/mol. The van der Waals surface area contributed by atoms with Crippen molar-refractivity contribution in [3.05, 3.63) is 59.4 Å². The number of likely N-dealkylation sites (N-methyl/N-ethyl adjacent to an activating group) is 1. The lowest BCUT2D eigenvalue weighted by Crippen LogP contribution is -2.53. The van der Waals surface area contributed by atoms with E-state index in [1.807, 2.05) is 36.4 Å². The summed E-state index contributed by atoms with van der Waals surface area (Å²) in [4.78, 5) is 23.1. The maximum Gasteiger partial charge on any atom is 0.261 e. The van der Waals surface area contributed by atoms with Crippen molar-refractivity contribution in [1.29, 1.82) is 0 Å². The van der Waals surface area contributed by atoms with Gasteiger partial charge in [-0.25, -0.2) is 9.84 Å². The molecule has 3 aliphatic heterocycles. The average Bonchev–Trinajstić information content (AvgIpc) is 2.98. The van der Waals surface area contributed by atoms with Crippen LogP contribution >= 0.6 is 0 Å². The van der Waals surface area contributed by atoms with Gasteiger partial charge in [0.25, 0.3) is 5.91 Å². The molecule has 7 nitrogen and oxygen atoms in total. The number of carbonyl (C=O) groups excluding carboxylic acids is 1. The molecule has 0 bridgehead atoms. The van der Waals surface area contributed by atoms with E-state index < -0.39 is 11.1 Å². The molecule has 1 atom stereocenters. The van der Waals surface area contributed by atoms with Crippen LogP contribution in [0.1, 0.15) is 24.8 Å². The third-order valence-corrected chi connectivity index (χ3v) is 6.35. The summed E-state index contributed by atoms with van der Waals surface area (Å²) in [6.07, 6.45) is 1.84. The second-order valence-electron chi connectivity index (χ2n) is 8.14. The van der Waals surface area contributed by atoms with E-state index in [1.54, 1.807) is 13.1 Å². The molecule has 2 aromatic carbocycles. The predicted octanol–water partition coefficient (Wildman–Crippen LogP) is 3.22. The van der Waals surface area contributed by atoms with Gasteiger partial charge in [0.2, 0.25) is 0 Å². The summed E-state index contributed by atoms with van der Waals surface area (Å²) in [6.45, 7) is 8.47. The van der Waals surface area contributed by atoms with Crippen molar-refractivity contribution in [2.75, 3.05) is 20.3 Å². The van der Waals surface area contributed by atoms with Crippen LogP contribution in [0.15, 0.2) is 47.5 Å². The highest BCUT2D eigenvalue weighted by Crippen LogP contribution is 2.52. The van der Waals surface area contributed by atoms with Crippen LogP contribution in [0.2, 0.25) is 0 Å². The fraction of sp³-hybridized carbons (Fsp3) is 0.348. The standard InChI is InChI=1S/C23H22N4O3/c1-25-17-5-3-4-15(12-17)16-6-7-19-18(13-16)23(20(28)27(2)21(24)26-23)14-22(30-19)8-10-29-11-9-22/h3-7,12-13H,8-11,14H2,2H3,(H2,24,26). The number of rotatable bonds is 1. The van der Waals surface area contributed by atoms with Gasteiger partial charge in [0.05, 0.1) is 19.8 Å². The molecular formula is C23H22N4O3. The summed E-state index contributed by atoms with van der Waals surface area (Å²) in [7, 11) is 1.66. The number of aliphatic imine (C=N–C) groups is 1. The fourth-order valence-corrected chi connectivity index (χ4v) is 4.72. The number of fused-ring (bicyclic) bond motifs is 2. The Morgan fingerprint density at radius 2 is 1.93 bits per heavy atom. The van der Waals surface area contributed by atoms with Gasteiger partial charge < -0.3 is 15.2 Å². The Bertz CT molecular complexity index is 1110. The third-order valence-electron chi connectivity index (χ3n) is 6.35. The number of benzene rings is 2. The smallest absolute Gasteiger partial charge is 0.261 e. The van der Waals surface area contributed by atoms with E-state index in [2.05, 4.69) is 4.85 Å². The van der Waals surface area contributed by atoms with Crippen LogP contribution in [0.4, 0.5) is 5.69 Å². The highest BCUT2D eigenvalue weighted by Gasteiger charge is 2.58. The van der Waals surface area contributed by atoms with Crippen molar-refractivity contribution in [2.45, 2.75) is 30.4 Å². The first-order chi connectivity index (χ1) is 14.5. The highest BCUT2D eigenvalue weighted by atomic mass is 16.5. The quantitative estimate of drug-likeness (QED) is 0.743. The Morgan fingerprint density at radius 1 is 1.17 bits per heavy atom. The number of guanidine groups is 1. The second kappa shape index (κ2) is 6.57. The molecule has 1 amide bonds. The van der Waals surface area contributed by atoms with E-state index in [0.717, 1.165) is 16.7 Å². The van der Waals surface area contributed by atoms with Crippen molar-refractivity contribution < 1.29 is 14.3 Å². The first-order valence-corrected chi connectivity index (χ1v) is 9.99. The number of nitrogens with two attached hydrogens (primary N) is 1. The van der Waals surface area contributed by atoms with Gasteiger partial charge in [-0.2, -0.15) is 0 Å². The van der Waals surface area contributed by atoms with Crippen LogP contribution < -0.4 is 10.5 Å². The van der Waals surface area contributed by atoms with Gasteiger partial charge in [0.1, 0.15) is 11.4 Å². The summed E-state index contributed by atoms with van der Waals surface area (Å²) >= 11 is 0. The minimum Gasteiger partial charge on any atom is -0.487 e. The Balaban J connectivity index is 1.68. The lowest BCUT2D eigenvalue weighted by molar-refractivity contribution is -0.137. The fourth-order valence-electron chi connectivity index (χ4n) is 4.72. The SMILES string of the molecule is [C-]#[N+]c1cccc(-c2ccc3c(c2)C2(CC4(CCOCC4)O3)N=C(N)N(C)C2=O)c1. The summed E-state index contributed by atoms with van der Waals surface area (Å²) < 4.78 is 12.0. The Hall–Kier alpha value is -3.37. The molecule has 0 aromatic heterocycles. The van der Waals surface area contributed by atoms with E-state index >= 15 is 0 Å². The molecule has 30 heavy (non-hydrogen) atoms. The molecule has 152 valence electrons. The Kier molecular flexibility index (Phi) is 4.09. The summed E-state index contributed by atoms with van der Waals surface area (Å²) in [6, 6.07) is 13.2. The molecule has 3 aliphatic rings. The molecular weight excluding hydrogens is 380 g/mol. The van der Waals surface area contributed by atoms with Crippen molar-refractivity contribution in [3.8, 4) is 16.9 Å². The summed E-state index contributed by atoms with van der Waals surface area (Å²) in [5.74, 6) is 0.742. The van der Waals surface area contributed by atoms with Gasteiger partial charge in [-0.15, -0.1) is 0 Å². The summed E-state index contributed by atoms with van der Waals surface area (Å²) in [5.41, 5.74) is 7.59. The molecule has 1 saturated heterocycles. The van der Waals surface area contributed by atoms with Crippen molar-refractivity contribution in [3.63, 3.8) is 0 Å². The van der Waals surface area contributed by atoms with Gasteiger partial charge >= 0.3 is 0 Å². The van der Waals surface area contributed by atoms with Crippen LogP contribution in [-0.4, -0.2) is 42.6 Å². The lowest BCUT2D eigenvalue weighted by Gasteiger charge is -2.46. The van der Waals surface area contributed by atoms with Crippen LogP contribution in [-0.2, 0) is 15.1 Å². The van der Waals surface area contributed by atoms with E-state index in [0.29, 0.717) is 43.9 Å². The van der Waals surface area contributed by atoms with Crippen LogP contribution in [0.25, 0.3) is 16.0 Å². The zero-order chi connectivity index (χ0) is 20.9. The molecule has 0 radical (unpaired) electrons. The Labute approximate surface area is 174 Å². The first kappa shape index (κ1) is 18.6. The van der Waals surface area contributed by atoms with Gasteiger partial charge in [-0.3, -0.25) is 9.69 Å². The maximum absolute atomic E-state index is 13.4. The zero-order valence-corrected chi connectivity index (χ0v) is 16.7. The van der Waals surface area contributed by atoms with Crippen molar-refractivity contribution >= 4 is 17.6 Å². The Morgan fingerprint density at radius 3 is 2.63 bits per heavy atom. The molecule has 0 saturated carbocycles. The van der Waals surface area contributed by atoms with Crippen molar-refractivity contribution in [1.82, 2.24) is 4.90 Å². The van der Waals surface area contributed by atoms with Gasteiger partial charge in [-0.05, 0) is 29.3 Å². The topological polar surface area (TPSA) is 81.5 Å². The lowest BCUT2D eigenvalue weighted by atomic mass is 9.73. The number of hydrogen-bond donors (Lipinski definition) is 1. The predicted molar refractivity (Wildman–Crippen MR) is 112 cm³/mol. The van der Waals surface area contributed by atoms with Gasteiger partial charge in [-0.1, -0.05) is 24.3 Å². The van der Waals surface area contributed by atoms with E-state index in [4.69, 9.17) is 26.8 Å². The zero-order valence-electron chi connectivity index (χ0n) is 16.7. The molecule has 2 N–H and O–H groups in total. The van der Waals surface area contributed by atoms with Crippen LogP contribution in [0.5, 0.6) is 5.75 Å². The molecule has 5 rings (SSSR count). The molecule has 1 fully saturated rings. The number of hydrogen-bond acceptors (Lipinski definition) is 5. The molecule has 0 aliphatic carbocycles. The minimum absolute atomic E-state index is 0.137. The minimum atomic E-state index is -1.10. The number of ether oxygens (including phenoxy) is 2. The third kappa shape index (κ3) is 2.68. The number of carbonyl (C=O) groups is 1. The van der Waals surface area contributed by atoms with Crippen LogP contribution in [0, 0.1) is 6.57 Å². The molecule has 2 spiro atoms. The van der Waals surface area contributed by atoms with Gasteiger partial charge in [0, 0.05) is 31.9 Å². The largest absolute Gasteiger partial charge is 0.487 e. The molecule has 3 heterocycles. The van der Waals surface area contributed by atoms with Crippen molar-refractivity contribution in [2.24, 2.45) is 10.7 Å². The van der Waals surface area contributed by atoms with E-state index in [9.17, 15) is 4.79 Å². The second-order valence-corrected chi connectivity index (χ2v) is 8.14. The van der Waals surface area contributed by atoms with Gasteiger partial charge in [0.15, 0.2) is 17.2 Å². The van der Waals surface area contributed by atoms with E-state index in [1.165, 1.54) is 4.90 Å². The number of nitrogens with zero attached hydrogens (tertiary/aromatic N) is 3. The average molecular weight is 402 g/mol. The molecule has 1 unspecified atom stereocenters. The first-order valence-electron chi connectivity index (χ1n) is 9.99. The molecule has 7 heteroatoms. The maximum atomic E-state index is 13.4. The number of amides is 1. The van der Waals surface area contributed by atoms with Crippen LogP contribution in [0.3, 0.4) is 0 Å². The normalized spacial score (nSPS) is 24.3. The molecule has 2 aromatic rings. The highest BCUT2D eigenvalue weighted by molar-refractivity contribution is 6.07. The summed E-state index contributed by atoms with van der Waals surface area (Å²) in [5, 5.41) is 0.